The Balaban J connectivity index is 1.56. The number of furan rings is 1. The molecular weight excluding hydrogens is 436 g/mol. The third kappa shape index (κ3) is 4.01. The molecule has 0 aliphatic carbocycles. The van der Waals surface area contributed by atoms with E-state index in [1.54, 1.807) is 24.6 Å². The monoisotopic (exact) mass is 458 g/mol. The molecule has 1 aromatic carbocycles. The molecule has 166 valence electrons. The molecule has 1 aliphatic rings. The van der Waals surface area contributed by atoms with Crippen LogP contribution in [0.3, 0.4) is 0 Å². The summed E-state index contributed by atoms with van der Waals surface area (Å²) in [5.41, 5.74) is 3.37. The maximum atomic E-state index is 11.8. The number of nitrogens with one attached hydrogen (secondary N) is 1. The van der Waals surface area contributed by atoms with Crippen molar-refractivity contribution < 1.29 is 13.9 Å². The Labute approximate surface area is 196 Å². The summed E-state index contributed by atoms with van der Waals surface area (Å²) in [6, 6.07) is 20.8. The number of carbonyl (C=O) groups excluding carboxylic acids is 1. The van der Waals surface area contributed by atoms with Gasteiger partial charge in [0.1, 0.15) is 5.76 Å². The first-order valence-corrected chi connectivity index (χ1v) is 10.9. The van der Waals surface area contributed by atoms with Crippen molar-refractivity contribution in [2.45, 2.75) is 18.6 Å². The summed E-state index contributed by atoms with van der Waals surface area (Å²) in [7, 11) is 1.38. The molecule has 5 rings (SSSR count). The third-order valence-electron chi connectivity index (χ3n) is 5.75. The van der Waals surface area contributed by atoms with Gasteiger partial charge in [0.25, 0.3) is 0 Å². The molecular formula is C25H22N4O3S. The minimum atomic E-state index is -0.362. The molecule has 0 spiro atoms. The highest BCUT2D eigenvalue weighted by molar-refractivity contribution is 7.80. The van der Waals surface area contributed by atoms with E-state index in [0.29, 0.717) is 17.2 Å². The molecule has 0 amide bonds. The van der Waals surface area contributed by atoms with Crippen LogP contribution in [-0.2, 0) is 11.3 Å². The van der Waals surface area contributed by atoms with Gasteiger partial charge < -0.3 is 23.9 Å². The smallest absolute Gasteiger partial charge is 0.337 e. The zero-order valence-corrected chi connectivity index (χ0v) is 18.7. The number of hydrogen-bond acceptors (Lipinski definition) is 5. The van der Waals surface area contributed by atoms with Crippen LogP contribution < -0.4 is 5.32 Å². The molecule has 4 aromatic rings. The SMILES string of the molecule is COC(=O)c1ccc(-n2cccc2[C@H]2[C@@H](c3ccccn3)NC(=S)N2Cc2ccco2)cc1. The van der Waals surface area contributed by atoms with E-state index in [9.17, 15) is 4.79 Å². The molecule has 1 aliphatic heterocycles. The van der Waals surface area contributed by atoms with Crippen molar-refractivity contribution >= 4 is 23.3 Å². The molecule has 8 heteroatoms. The predicted molar refractivity (Wildman–Crippen MR) is 127 cm³/mol. The lowest BCUT2D eigenvalue weighted by atomic mass is 10.0. The number of benzene rings is 1. The summed E-state index contributed by atoms with van der Waals surface area (Å²) >= 11 is 5.75. The number of methoxy groups -OCH3 is 1. The second-order valence-corrected chi connectivity index (χ2v) is 8.06. The van der Waals surface area contributed by atoms with Gasteiger partial charge in [-0.1, -0.05) is 6.07 Å². The number of aromatic nitrogens is 2. The van der Waals surface area contributed by atoms with Gasteiger partial charge in [0.2, 0.25) is 0 Å². The highest BCUT2D eigenvalue weighted by Crippen LogP contribution is 2.40. The van der Waals surface area contributed by atoms with Crippen LogP contribution in [0.15, 0.2) is 89.8 Å². The molecule has 3 aromatic heterocycles. The molecule has 33 heavy (non-hydrogen) atoms. The van der Waals surface area contributed by atoms with Crippen molar-refractivity contribution in [3.8, 4) is 5.69 Å². The van der Waals surface area contributed by atoms with Crippen molar-refractivity contribution in [1.82, 2.24) is 19.8 Å². The fraction of sp³-hybridized carbons (Fsp3) is 0.160. The van der Waals surface area contributed by atoms with Crippen LogP contribution in [-0.4, -0.2) is 32.6 Å². The van der Waals surface area contributed by atoms with Gasteiger partial charge >= 0.3 is 5.97 Å². The Kier molecular flexibility index (Phi) is 5.66. The molecule has 0 unspecified atom stereocenters. The van der Waals surface area contributed by atoms with E-state index in [4.69, 9.17) is 21.4 Å². The van der Waals surface area contributed by atoms with E-state index in [1.807, 2.05) is 54.7 Å². The van der Waals surface area contributed by atoms with Crippen LogP contribution in [0.1, 0.15) is 39.6 Å². The average molecular weight is 459 g/mol. The zero-order valence-electron chi connectivity index (χ0n) is 17.9. The lowest BCUT2D eigenvalue weighted by Gasteiger charge is -2.28. The van der Waals surface area contributed by atoms with Gasteiger partial charge in [-0.15, -0.1) is 0 Å². The van der Waals surface area contributed by atoms with Gasteiger partial charge in [0, 0.05) is 23.8 Å². The Morgan fingerprint density at radius 1 is 1.12 bits per heavy atom. The summed E-state index contributed by atoms with van der Waals surface area (Å²) in [6.07, 6.45) is 5.46. The van der Waals surface area contributed by atoms with Crippen LogP contribution in [0.5, 0.6) is 0 Å². The standard InChI is InChI=1S/C25H22N4O3S/c1-31-24(30)17-9-11-18(12-10-17)28-14-4-8-21(28)23-22(20-7-2-3-13-26-20)27-25(33)29(23)16-19-6-5-15-32-19/h2-15,22-23H,16H2,1H3,(H,27,33)/t22-,23+/m1/s1. The van der Waals surface area contributed by atoms with Gasteiger partial charge in [0.05, 0.1) is 43.3 Å². The maximum absolute atomic E-state index is 11.8. The normalized spacial score (nSPS) is 17.7. The largest absolute Gasteiger partial charge is 0.467 e. The molecule has 1 saturated heterocycles. The molecule has 1 N–H and O–H groups in total. The highest BCUT2D eigenvalue weighted by Gasteiger charge is 2.41. The van der Waals surface area contributed by atoms with Crippen LogP contribution in [0.2, 0.25) is 0 Å². The minimum absolute atomic E-state index is 0.132. The van der Waals surface area contributed by atoms with Gasteiger partial charge in [-0.05, 0) is 72.9 Å². The molecule has 2 atom stereocenters. The predicted octanol–water partition coefficient (Wildman–Crippen LogP) is 4.42. The van der Waals surface area contributed by atoms with Crippen LogP contribution >= 0.6 is 12.2 Å². The van der Waals surface area contributed by atoms with Gasteiger partial charge in [-0.3, -0.25) is 4.98 Å². The molecule has 1 fully saturated rings. The minimum Gasteiger partial charge on any atom is -0.467 e. The lowest BCUT2D eigenvalue weighted by Crippen LogP contribution is -2.29. The number of carbonyl (C=O) groups is 1. The second-order valence-electron chi connectivity index (χ2n) is 7.68. The zero-order chi connectivity index (χ0) is 22.8. The number of hydrogen-bond donors (Lipinski definition) is 1. The number of nitrogens with zero attached hydrogens (tertiary/aromatic N) is 3. The number of thiocarbonyl (C=S) groups is 1. The second kappa shape index (κ2) is 8.91. The van der Waals surface area contributed by atoms with Crippen LogP contribution in [0, 0.1) is 0 Å². The fourth-order valence-electron chi connectivity index (χ4n) is 4.21. The first kappa shape index (κ1) is 21.0. The summed E-state index contributed by atoms with van der Waals surface area (Å²) < 4.78 is 12.5. The van der Waals surface area contributed by atoms with Crippen molar-refractivity contribution in [1.29, 1.82) is 0 Å². The Bertz CT molecular complexity index is 1250. The number of pyridine rings is 1. The number of ether oxygens (including phenoxy) is 1. The Morgan fingerprint density at radius 3 is 2.67 bits per heavy atom. The summed E-state index contributed by atoms with van der Waals surface area (Å²) in [6.45, 7) is 0.527. The maximum Gasteiger partial charge on any atom is 0.337 e. The summed E-state index contributed by atoms with van der Waals surface area (Å²) in [5, 5.41) is 4.10. The van der Waals surface area contributed by atoms with Gasteiger partial charge in [-0.25, -0.2) is 4.79 Å². The van der Waals surface area contributed by atoms with E-state index in [-0.39, 0.29) is 18.1 Å². The van der Waals surface area contributed by atoms with E-state index in [2.05, 4.69) is 25.8 Å². The number of rotatable bonds is 6. The van der Waals surface area contributed by atoms with Gasteiger partial charge in [0.15, 0.2) is 5.11 Å². The van der Waals surface area contributed by atoms with Crippen molar-refractivity contribution in [3.63, 3.8) is 0 Å². The highest BCUT2D eigenvalue weighted by atomic mass is 32.1. The molecule has 0 bridgehead atoms. The van der Waals surface area contributed by atoms with Gasteiger partial charge in [-0.2, -0.15) is 0 Å². The Morgan fingerprint density at radius 2 is 1.97 bits per heavy atom. The quantitative estimate of drug-likeness (QED) is 0.339. The molecule has 0 radical (unpaired) electrons. The first-order chi connectivity index (χ1) is 16.2. The van der Waals surface area contributed by atoms with Crippen molar-refractivity contribution in [3.05, 3.63) is 108 Å². The van der Waals surface area contributed by atoms with E-state index >= 15 is 0 Å². The summed E-state index contributed by atoms with van der Waals surface area (Å²) in [5.74, 6) is 0.464. The van der Waals surface area contributed by atoms with E-state index in [1.165, 1.54) is 7.11 Å². The van der Waals surface area contributed by atoms with Crippen LogP contribution in [0.4, 0.5) is 0 Å². The Hall–Kier alpha value is -3.91. The average Bonchev–Trinajstić information content (AvgIpc) is 3.61. The van der Waals surface area contributed by atoms with Crippen LogP contribution in [0.25, 0.3) is 5.69 Å². The third-order valence-corrected chi connectivity index (χ3v) is 6.11. The van der Waals surface area contributed by atoms with E-state index < -0.39 is 0 Å². The summed E-state index contributed by atoms with van der Waals surface area (Å²) in [4.78, 5) is 18.6. The number of esters is 1. The van der Waals surface area contributed by atoms with Crippen molar-refractivity contribution in [2.24, 2.45) is 0 Å². The van der Waals surface area contributed by atoms with E-state index in [0.717, 1.165) is 22.8 Å². The molecule has 7 nitrogen and oxygen atoms in total. The molecule has 0 saturated carbocycles. The lowest BCUT2D eigenvalue weighted by molar-refractivity contribution is 0.0600. The van der Waals surface area contributed by atoms with Crippen molar-refractivity contribution in [2.75, 3.05) is 7.11 Å². The topological polar surface area (TPSA) is 72.5 Å². The first-order valence-electron chi connectivity index (χ1n) is 10.5. The molecule has 4 heterocycles. The fourth-order valence-corrected chi connectivity index (χ4v) is 4.52.